The zero-order valence-electron chi connectivity index (χ0n) is 15.4. The lowest BCUT2D eigenvalue weighted by molar-refractivity contribution is -0.131. The van der Waals surface area contributed by atoms with Gasteiger partial charge >= 0.3 is 0 Å². The van der Waals surface area contributed by atoms with Gasteiger partial charge in [-0.2, -0.15) is 5.10 Å². The number of carbonyl (C=O) groups is 1. The number of fused-ring (bicyclic) bond motifs is 1. The van der Waals surface area contributed by atoms with E-state index in [1.54, 1.807) is 18.0 Å². The van der Waals surface area contributed by atoms with Crippen LogP contribution in [-0.4, -0.2) is 27.6 Å². The third-order valence-corrected chi connectivity index (χ3v) is 4.61. The molecular weight excluding hydrogens is 326 g/mol. The fourth-order valence-electron chi connectivity index (χ4n) is 3.00. The molecule has 134 valence electrons. The number of amides is 1. The van der Waals surface area contributed by atoms with Crippen molar-refractivity contribution >= 4 is 16.7 Å². The molecule has 0 unspecified atom stereocenters. The highest BCUT2D eigenvalue weighted by molar-refractivity contribution is 5.83. The lowest BCUT2D eigenvalue weighted by Gasteiger charge is -2.18. The van der Waals surface area contributed by atoms with Gasteiger partial charge in [0, 0.05) is 19.0 Å². The number of carbonyl (C=O) groups excluding carboxylic acids is 1. The maximum atomic E-state index is 12.6. The fourth-order valence-corrected chi connectivity index (χ4v) is 3.00. The summed E-state index contributed by atoms with van der Waals surface area (Å²) in [6, 6.07) is 15.6. The number of hydrogen-bond acceptors (Lipinski definition) is 3. The molecule has 0 aliphatic carbocycles. The monoisotopic (exact) mass is 349 g/mol. The first kappa shape index (κ1) is 17.9. The Bertz CT molecular complexity index is 990. The smallest absolute Gasteiger partial charge is 0.275 e. The number of rotatable bonds is 5. The van der Waals surface area contributed by atoms with Crippen molar-refractivity contribution in [2.45, 2.75) is 33.4 Å². The summed E-state index contributed by atoms with van der Waals surface area (Å²) in [5.41, 5.74) is 2.84. The molecule has 0 N–H and O–H groups in total. The van der Waals surface area contributed by atoms with Crippen molar-refractivity contribution in [2.75, 3.05) is 7.05 Å². The van der Waals surface area contributed by atoms with Gasteiger partial charge in [-0.15, -0.1) is 0 Å². The highest BCUT2D eigenvalue weighted by Gasteiger charge is 2.14. The second kappa shape index (κ2) is 7.52. The third-order valence-electron chi connectivity index (χ3n) is 4.61. The minimum Gasteiger partial charge on any atom is -0.340 e. The lowest BCUT2D eigenvalue weighted by atomic mass is 10.1. The van der Waals surface area contributed by atoms with Gasteiger partial charge in [-0.05, 0) is 30.5 Å². The number of nitrogens with zero attached hydrogens (tertiary/aromatic N) is 3. The first-order valence-corrected chi connectivity index (χ1v) is 8.78. The molecule has 0 aliphatic rings. The van der Waals surface area contributed by atoms with E-state index < -0.39 is 0 Å². The minimum atomic E-state index is -0.236. The topological polar surface area (TPSA) is 55.2 Å². The summed E-state index contributed by atoms with van der Waals surface area (Å²) in [5, 5.41) is 5.72. The van der Waals surface area contributed by atoms with Crippen LogP contribution >= 0.6 is 0 Å². The van der Waals surface area contributed by atoms with Crippen LogP contribution in [0.4, 0.5) is 0 Å². The lowest BCUT2D eigenvalue weighted by Crippen LogP contribution is -2.35. The molecule has 2 aromatic carbocycles. The molecule has 5 nitrogen and oxygen atoms in total. The standard InChI is InChI=1S/C21H23N3O2/c1-4-16-9-11-17(12-10-16)13-23(3)20(25)14-24-21(26)19-8-6-5-7-18(19)15(2)22-24/h5-12H,4,13-14H2,1-3H3. The first-order chi connectivity index (χ1) is 12.5. The molecule has 5 heteroatoms. The van der Waals surface area contributed by atoms with E-state index in [1.807, 2.05) is 37.3 Å². The molecule has 1 amide bonds. The van der Waals surface area contributed by atoms with Crippen molar-refractivity contribution in [3.05, 3.63) is 75.7 Å². The van der Waals surface area contributed by atoms with E-state index in [9.17, 15) is 9.59 Å². The average Bonchev–Trinajstić information content (AvgIpc) is 2.66. The van der Waals surface area contributed by atoms with E-state index in [0.717, 1.165) is 23.1 Å². The van der Waals surface area contributed by atoms with E-state index in [0.29, 0.717) is 11.9 Å². The zero-order valence-corrected chi connectivity index (χ0v) is 15.4. The van der Waals surface area contributed by atoms with Crippen molar-refractivity contribution in [1.29, 1.82) is 0 Å². The summed E-state index contributed by atoms with van der Waals surface area (Å²) >= 11 is 0. The molecule has 0 radical (unpaired) electrons. The van der Waals surface area contributed by atoms with E-state index >= 15 is 0 Å². The van der Waals surface area contributed by atoms with E-state index in [2.05, 4.69) is 24.2 Å². The molecule has 1 heterocycles. The van der Waals surface area contributed by atoms with Crippen LogP contribution in [0, 0.1) is 6.92 Å². The Morgan fingerprint density at radius 3 is 2.31 bits per heavy atom. The van der Waals surface area contributed by atoms with Crippen LogP contribution in [0.15, 0.2) is 53.3 Å². The number of hydrogen-bond donors (Lipinski definition) is 0. The van der Waals surface area contributed by atoms with Crippen LogP contribution in [0.25, 0.3) is 10.8 Å². The second-order valence-corrected chi connectivity index (χ2v) is 6.51. The van der Waals surface area contributed by atoms with E-state index in [1.165, 1.54) is 10.2 Å². The van der Waals surface area contributed by atoms with E-state index in [4.69, 9.17) is 0 Å². The number of aryl methyl sites for hydroxylation is 2. The fraction of sp³-hybridized carbons (Fsp3) is 0.286. The molecular formula is C21H23N3O2. The maximum Gasteiger partial charge on any atom is 0.275 e. The summed E-state index contributed by atoms with van der Waals surface area (Å²) in [6.45, 7) is 4.40. The zero-order chi connectivity index (χ0) is 18.7. The van der Waals surface area contributed by atoms with Gasteiger partial charge in [0.1, 0.15) is 6.54 Å². The summed E-state index contributed by atoms with van der Waals surface area (Å²) < 4.78 is 1.26. The molecule has 1 aromatic heterocycles. The van der Waals surface area contributed by atoms with Crippen LogP contribution < -0.4 is 5.56 Å². The summed E-state index contributed by atoms with van der Waals surface area (Å²) in [4.78, 5) is 26.8. The molecule has 0 saturated carbocycles. The highest BCUT2D eigenvalue weighted by atomic mass is 16.2. The normalized spacial score (nSPS) is 10.9. The molecule has 0 saturated heterocycles. The van der Waals surface area contributed by atoms with Gasteiger partial charge in [0.2, 0.25) is 5.91 Å². The van der Waals surface area contributed by atoms with Crippen molar-refractivity contribution in [2.24, 2.45) is 0 Å². The summed E-state index contributed by atoms with van der Waals surface area (Å²) in [7, 11) is 1.75. The predicted octanol–water partition coefficient (Wildman–Crippen LogP) is 2.93. The quantitative estimate of drug-likeness (QED) is 0.712. The van der Waals surface area contributed by atoms with Gasteiger partial charge in [-0.3, -0.25) is 9.59 Å². The van der Waals surface area contributed by atoms with Crippen LogP contribution in [0.1, 0.15) is 23.7 Å². The van der Waals surface area contributed by atoms with Crippen LogP contribution in [0.5, 0.6) is 0 Å². The molecule has 3 rings (SSSR count). The van der Waals surface area contributed by atoms with Crippen molar-refractivity contribution in [3.8, 4) is 0 Å². The summed E-state index contributed by atoms with van der Waals surface area (Å²) in [6.07, 6.45) is 0.991. The maximum absolute atomic E-state index is 12.6. The molecule has 0 fully saturated rings. The second-order valence-electron chi connectivity index (χ2n) is 6.51. The van der Waals surface area contributed by atoms with Gasteiger partial charge in [0.15, 0.2) is 0 Å². The SMILES string of the molecule is CCc1ccc(CN(C)C(=O)Cn2nc(C)c3ccccc3c2=O)cc1. The Kier molecular flexibility index (Phi) is 5.16. The molecule has 26 heavy (non-hydrogen) atoms. The average molecular weight is 349 g/mol. The van der Waals surface area contributed by atoms with Crippen molar-refractivity contribution in [1.82, 2.24) is 14.7 Å². The Balaban J connectivity index is 1.77. The Hall–Kier alpha value is -2.95. The van der Waals surface area contributed by atoms with Gasteiger partial charge in [-0.1, -0.05) is 49.4 Å². The third kappa shape index (κ3) is 3.67. The van der Waals surface area contributed by atoms with Gasteiger partial charge in [0.05, 0.1) is 11.1 Å². The van der Waals surface area contributed by atoms with Crippen LogP contribution in [0.3, 0.4) is 0 Å². The number of benzene rings is 2. The molecule has 0 spiro atoms. The number of likely N-dealkylation sites (N-methyl/N-ethyl adjacent to an activating group) is 1. The van der Waals surface area contributed by atoms with E-state index in [-0.39, 0.29) is 18.0 Å². The highest BCUT2D eigenvalue weighted by Crippen LogP contribution is 2.12. The Morgan fingerprint density at radius 1 is 1.04 bits per heavy atom. The Labute approximate surface area is 152 Å². The minimum absolute atomic E-state index is 0.0615. The number of aromatic nitrogens is 2. The molecule has 3 aromatic rings. The van der Waals surface area contributed by atoms with Gasteiger partial charge in [-0.25, -0.2) is 4.68 Å². The van der Waals surface area contributed by atoms with Crippen LogP contribution in [0.2, 0.25) is 0 Å². The van der Waals surface area contributed by atoms with Gasteiger partial charge in [0.25, 0.3) is 5.56 Å². The molecule has 0 bridgehead atoms. The largest absolute Gasteiger partial charge is 0.340 e. The molecule has 0 atom stereocenters. The Morgan fingerprint density at radius 2 is 1.65 bits per heavy atom. The summed E-state index contributed by atoms with van der Waals surface area (Å²) in [5.74, 6) is -0.145. The molecule has 0 aliphatic heterocycles. The first-order valence-electron chi connectivity index (χ1n) is 8.78. The predicted molar refractivity (Wildman–Crippen MR) is 103 cm³/mol. The van der Waals surface area contributed by atoms with Gasteiger partial charge < -0.3 is 4.90 Å². The van der Waals surface area contributed by atoms with Crippen molar-refractivity contribution in [3.63, 3.8) is 0 Å². The van der Waals surface area contributed by atoms with Crippen LogP contribution in [-0.2, 0) is 24.3 Å². The van der Waals surface area contributed by atoms with Crippen molar-refractivity contribution < 1.29 is 4.79 Å².